The molecule has 3 heterocycles. The second-order valence-electron chi connectivity index (χ2n) is 7.23. The van der Waals surface area contributed by atoms with Gasteiger partial charge in [0.15, 0.2) is 0 Å². The van der Waals surface area contributed by atoms with Gasteiger partial charge in [0.05, 0.1) is 28.5 Å². The number of piperazine rings is 1. The minimum absolute atomic E-state index is 0.116. The second kappa shape index (κ2) is 8.95. The number of nitrogens with zero attached hydrogens (tertiary/aromatic N) is 3. The van der Waals surface area contributed by atoms with Gasteiger partial charge < -0.3 is 4.74 Å². The largest absolute Gasteiger partial charge is 0.494 e. The van der Waals surface area contributed by atoms with Crippen LogP contribution in [-0.4, -0.2) is 60.4 Å². The number of thiophene rings is 1. The van der Waals surface area contributed by atoms with Gasteiger partial charge in [0, 0.05) is 37.6 Å². The van der Waals surface area contributed by atoms with Crippen LogP contribution < -0.4 is 9.64 Å². The van der Waals surface area contributed by atoms with Crippen molar-refractivity contribution >= 4 is 44.8 Å². The van der Waals surface area contributed by atoms with Crippen molar-refractivity contribution in [2.75, 3.05) is 37.7 Å². The zero-order chi connectivity index (χ0) is 20.4. The molecule has 1 unspecified atom stereocenters. The summed E-state index contributed by atoms with van der Waals surface area (Å²) in [7, 11) is 0. The lowest BCUT2D eigenvalue weighted by molar-refractivity contribution is -0.123. The molecule has 0 spiro atoms. The summed E-state index contributed by atoms with van der Waals surface area (Å²) in [5.41, 5.74) is 0.618. The molecule has 4 rings (SSSR count). The second-order valence-corrected chi connectivity index (χ2v) is 9.78. The van der Waals surface area contributed by atoms with E-state index in [0.29, 0.717) is 12.3 Å². The lowest BCUT2D eigenvalue weighted by Crippen LogP contribution is -2.52. The van der Waals surface area contributed by atoms with E-state index in [1.807, 2.05) is 6.92 Å². The first-order valence-corrected chi connectivity index (χ1v) is 11.5. The van der Waals surface area contributed by atoms with Gasteiger partial charge in [-0.25, -0.2) is 4.90 Å². The van der Waals surface area contributed by atoms with E-state index in [1.54, 1.807) is 35.6 Å². The van der Waals surface area contributed by atoms with Crippen molar-refractivity contribution in [3.63, 3.8) is 0 Å². The number of ether oxygens (including phenoxy) is 1. The van der Waals surface area contributed by atoms with E-state index < -0.39 is 0 Å². The standard InChI is InChI=1S/C21H24BrN3O3S/c1-2-28-16-5-3-15(4-6-16)25-20(26)13-18(21(25)27)24-11-9-23(10-12-24)14-17-7-8-19(22)29-17/h3-8,18H,2,9-14H2,1H3. The summed E-state index contributed by atoms with van der Waals surface area (Å²) in [4.78, 5) is 32.8. The Kier molecular flexibility index (Phi) is 6.34. The van der Waals surface area contributed by atoms with Crippen molar-refractivity contribution in [2.45, 2.75) is 25.9 Å². The molecular weight excluding hydrogens is 454 g/mol. The average Bonchev–Trinajstić information content (AvgIpc) is 3.26. The fourth-order valence-electron chi connectivity index (χ4n) is 3.92. The molecule has 1 aromatic heterocycles. The number of hydrogen-bond donors (Lipinski definition) is 0. The Hall–Kier alpha value is -1.74. The zero-order valence-electron chi connectivity index (χ0n) is 16.3. The Balaban J connectivity index is 1.36. The Morgan fingerprint density at radius 1 is 1.07 bits per heavy atom. The molecule has 0 aliphatic carbocycles. The number of imide groups is 1. The number of rotatable bonds is 6. The highest BCUT2D eigenvalue weighted by atomic mass is 79.9. The first-order chi connectivity index (χ1) is 14.0. The van der Waals surface area contributed by atoms with Crippen LogP contribution in [0.4, 0.5) is 5.69 Å². The summed E-state index contributed by atoms with van der Waals surface area (Å²) in [6.07, 6.45) is 0.254. The normalized spacial score (nSPS) is 21.2. The van der Waals surface area contributed by atoms with E-state index in [4.69, 9.17) is 4.74 Å². The topological polar surface area (TPSA) is 53.1 Å². The molecule has 1 atom stereocenters. The molecule has 1 aromatic carbocycles. The van der Waals surface area contributed by atoms with Gasteiger partial charge >= 0.3 is 0 Å². The monoisotopic (exact) mass is 477 g/mol. The van der Waals surface area contributed by atoms with Crippen molar-refractivity contribution in [1.82, 2.24) is 9.80 Å². The molecule has 29 heavy (non-hydrogen) atoms. The van der Waals surface area contributed by atoms with Gasteiger partial charge in [-0.1, -0.05) is 0 Å². The maximum atomic E-state index is 13.0. The molecule has 2 aromatic rings. The van der Waals surface area contributed by atoms with Crippen LogP contribution in [0.1, 0.15) is 18.2 Å². The fourth-order valence-corrected chi connectivity index (χ4v) is 5.45. The number of halogens is 1. The maximum absolute atomic E-state index is 13.0. The van der Waals surface area contributed by atoms with Crippen molar-refractivity contribution in [2.24, 2.45) is 0 Å². The molecule has 6 nitrogen and oxygen atoms in total. The predicted octanol–water partition coefficient (Wildman–Crippen LogP) is 3.36. The van der Waals surface area contributed by atoms with E-state index in [2.05, 4.69) is 37.9 Å². The van der Waals surface area contributed by atoms with Crippen molar-refractivity contribution in [1.29, 1.82) is 0 Å². The van der Waals surface area contributed by atoms with E-state index >= 15 is 0 Å². The first-order valence-electron chi connectivity index (χ1n) is 9.85. The number of benzene rings is 1. The molecule has 0 N–H and O–H groups in total. The predicted molar refractivity (Wildman–Crippen MR) is 117 cm³/mol. The molecule has 2 aliphatic rings. The number of carbonyl (C=O) groups excluding carboxylic acids is 2. The molecule has 2 amide bonds. The van der Waals surface area contributed by atoms with Gasteiger partial charge in [0.2, 0.25) is 5.91 Å². The number of amides is 2. The highest BCUT2D eigenvalue weighted by Crippen LogP contribution is 2.28. The van der Waals surface area contributed by atoms with Gasteiger partial charge in [-0.15, -0.1) is 11.3 Å². The Labute approximate surface area is 183 Å². The van der Waals surface area contributed by atoms with E-state index in [1.165, 1.54) is 9.78 Å². The van der Waals surface area contributed by atoms with Gasteiger partial charge in [0.25, 0.3) is 5.91 Å². The van der Waals surface area contributed by atoms with E-state index in [9.17, 15) is 9.59 Å². The minimum Gasteiger partial charge on any atom is -0.494 e. The Morgan fingerprint density at radius 3 is 2.41 bits per heavy atom. The van der Waals surface area contributed by atoms with E-state index in [0.717, 1.165) is 42.3 Å². The molecule has 0 radical (unpaired) electrons. The molecule has 0 saturated carbocycles. The third-order valence-corrected chi connectivity index (χ3v) is 6.99. The molecule has 8 heteroatoms. The van der Waals surface area contributed by atoms with Crippen LogP contribution in [0.25, 0.3) is 0 Å². The van der Waals surface area contributed by atoms with Gasteiger partial charge in [0.1, 0.15) is 5.75 Å². The fraction of sp³-hybridized carbons (Fsp3) is 0.429. The Morgan fingerprint density at radius 2 is 1.79 bits per heavy atom. The number of hydrogen-bond acceptors (Lipinski definition) is 6. The summed E-state index contributed by atoms with van der Waals surface area (Å²) >= 11 is 5.27. The smallest absolute Gasteiger partial charge is 0.251 e. The minimum atomic E-state index is -0.355. The lowest BCUT2D eigenvalue weighted by atomic mass is 10.1. The van der Waals surface area contributed by atoms with Crippen LogP contribution in [0.15, 0.2) is 40.2 Å². The lowest BCUT2D eigenvalue weighted by Gasteiger charge is -2.36. The van der Waals surface area contributed by atoms with Gasteiger partial charge in [-0.05, 0) is 59.3 Å². The van der Waals surface area contributed by atoms with Gasteiger partial charge in [-0.2, -0.15) is 0 Å². The molecule has 2 aliphatic heterocycles. The van der Waals surface area contributed by atoms with Crippen LogP contribution in [0.5, 0.6) is 5.75 Å². The highest BCUT2D eigenvalue weighted by molar-refractivity contribution is 9.11. The summed E-state index contributed by atoms with van der Waals surface area (Å²) in [6, 6.07) is 11.0. The SMILES string of the molecule is CCOc1ccc(N2C(=O)CC(N3CCN(Cc4ccc(Br)s4)CC3)C2=O)cc1. The van der Waals surface area contributed by atoms with Crippen LogP contribution in [-0.2, 0) is 16.1 Å². The summed E-state index contributed by atoms with van der Waals surface area (Å²) in [5.74, 6) is 0.491. The Bertz CT molecular complexity index is 878. The van der Waals surface area contributed by atoms with Crippen molar-refractivity contribution in [3.8, 4) is 5.75 Å². The van der Waals surface area contributed by atoms with Crippen molar-refractivity contribution < 1.29 is 14.3 Å². The third kappa shape index (κ3) is 4.55. The van der Waals surface area contributed by atoms with Crippen molar-refractivity contribution in [3.05, 3.63) is 45.1 Å². The summed E-state index contributed by atoms with van der Waals surface area (Å²) < 4.78 is 6.59. The third-order valence-electron chi connectivity index (χ3n) is 5.38. The maximum Gasteiger partial charge on any atom is 0.251 e. The van der Waals surface area contributed by atoms with Gasteiger partial charge in [-0.3, -0.25) is 19.4 Å². The van der Waals surface area contributed by atoms with Crippen LogP contribution in [0.3, 0.4) is 0 Å². The molecule has 2 fully saturated rings. The van der Waals surface area contributed by atoms with Crippen LogP contribution >= 0.6 is 27.3 Å². The van der Waals surface area contributed by atoms with Crippen LogP contribution in [0, 0.1) is 0 Å². The first kappa shape index (κ1) is 20.5. The number of carbonyl (C=O) groups is 2. The van der Waals surface area contributed by atoms with E-state index in [-0.39, 0.29) is 24.3 Å². The molecular formula is C21H24BrN3O3S. The molecule has 0 bridgehead atoms. The molecule has 2 saturated heterocycles. The van der Waals surface area contributed by atoms with Crippen LogP contribution in [0.2, 0.25) is 0 Å². The highest BCUT2D eigenvalue weighted by Gasteiger charge is 2.43. The quantitative estimate of drug-likeness (QED) is 0.597. The summed E-state index contributed by atoms with van der Waals surface area (Å²) in [6.45, 7) is 6.83. The zero-order valence-corrected chi connectivity index (χ0v) is 18.7. The average molecular weight is 478 g/mol. The number of anilines is 1. The summed E-state index contributed by atoms with van der Waals surface area (Å²) in [5, 5.41) is 0. The molecule has 154 valence electrons.